The molecule has 0 bridgehead atoms. The number of ether oxygens (including phenoxy) is 1. The number of aromatic amines is 1. The van der Waals surface area contributed by atoms with Crippen molar-refractivity contribution in [2.75, 3.05) is 31.6 Å². The fraction of sp³-hybridized carbons (Fsp3) is 0.237. The number of rotatable bonds is 13. The number of nitrogens with zero attached hydrogens (tertiary/aromatic N) is 1. The molecule has 0 spiro atoms. The smallest absolute Gasteiger partial charge is 0.345 e. The lowest BCUT2D eigenvalue weighted by molar-refractivity contribution is -0.155. The van der Waals surface area contributed by atoms with Crippen LogP contribution in [-0.4, -0.2) is 74.5 Å². The first-order chi connectivity index (χ1) is 24.1. The molecule has 12 nitrogen and oxygen atoms in total. The second-order valence-corrected chi connectivity index (χ2v) is 12.3. The number of carbonyl (C=O) groups excluding carboxylic acids is 1. The minimum absolute atomic E-state index is 0.0490. The molecule has 0 saturated carbocycles. The van der Waals surface area contributed by atoms with Crippen molar-refractivity contribution < 1.29 is 34.8 Å². The summed E-state index contributed by atoms with van der Waals surface area (Å²) < 4.78 is 5.74. The number of aliphatic hydroxyl groups is 2. The van der Waals surface area contributed by atoms with Gasteiger partial charge >= 0.3 is 5.97 Å². The lowest BCUT2D eigenvalue weighted by atomic mass is 9.86. The number of carboxylic acid groups (broad SMARTS) is 1. The quantitative estimate of drug-likeness (QED) is 0.0973. The Morgan fingerprint density at radius 3 is 2.48 bits per heavy atom. The third kappa shape index (κ3) is 7.47. The number of hydrogen-bond donors (Lipinski definition) is 7. The number of phenolic OH excluding ortho intramolecular Hbond substituents is 1. The number of aliphatic hydroxyl groups excluding tert-OH is 1. The molecule has 7 N–H and O–H groups in total. The van der Waals surface area contributed by atoms with Gasteiger partial charge in [-0.15, -0.1) is 0 Å². The molecule has 0 aliphatic carbocycles. The topological polar surface area (TPSA) is 184 Å². The largest absolute Gasteiger partial charge is 0.506 e. The van der Waals surface area contributed by atoms with Gasteiger partial charge in [-0.2, -0.15) is 0 Å². The molecule has 1 amide bonds. The Kier molecular flexibility index (Phi) is 10.1. The summed E-state index contributed by atoms with van der Waals surface area (Å²) in [6, 6.07) is 28.2. The number of amides is 1. The van der Waals surface area contributed by atoms with E-state index >= 15 is 0 Å². The molecular formula is C38H38N4O8. The number of phenols is 1. The van der Waals surface area contributed by atoms with E-state index in [0.29, 0.717) is 36.1 Å². The molecule has 50 heavy (non-hydrogen) atoms. The molecule has 3 atom stereocenters. The number of nitrogens with one attached hydrogen (secondary N) is 3. The Morgan fingerprint density at radius 2 is 1.72 bits per heavy atom. The van der Waals surface area contributed by atoms with Crippen LogP contribution in [0.4, 0.5) is 5.69 Å². The number of anilines is 1. The molecule has 1 saturated heterocycles. The van der Waals surface area contributed by atoms with Gasteiger partial charge in [-0.1, -0.05) is 60.7 Å². The van der Waals surface area contributed by atoms with E-state index in [4.69, 9.17) is 4.74 Å². The SMILES string of the molecule is O=C(COc1cccc([C@](O)(C(=O)O)c2ccccc2)c1)N1CC[C@H](Nc2ccc(CNC[C@H](O)c3ccc(O)c4[nH]c(=O)ccc34)cc2)C1. The Bertz CT molecular complexity index is 2040. The lowest BCUT2D eigenvalue weighted by Crippen LogP contribution is -2.37. The van der Waals surface area contributed by atoms with Gasteiger partial charge in [-0.05, 0) is 59.5 Å². The summed E-state index contributed by atoms with van der Waals surface area (Å²) in [5, 5.41) is 49.2. The van der Waals surface area contributed by atoms with Crippen LogP contribution < -0.4 is 20.9 Å². The molecule has 0 unspecified atom stereocenters. The van der Waals surface area contributed by atoms with E-state index in [1.165, 1.54) is 36.4 Å². The van der Waals surface area contributed by atoms with Crippen molar-refractivity contribution >= 4 is 28.5 Å². The number of likely N-dealkylation sites (tertiary alicyclic amines) is 1. The zero-order chi connectivity index (χ0) is 35.3. The highest BCUT2D eigenvalue weighted by atomic mass is 16.5. The van der Waals surface area contributed by atoms with Crippen LogP contribution in [0.5, 0.6) is 11.5 Å². The average Bonchev–Trinajstić information content (AvgIpc) is 3.60. The summed E-state index contributed by atoms with van der Waals surface area (Å²) in [4.78, 5) is 41.1. The lowest BCUT2D eigenvalue weighted by Gasteiger charge is -2.25. The molecule has 258 valence electrons. The van der Waals surface area contributed by atoms with E-state index in [0.717, 1.165) is 17.7 Å². The van der Waals surface area contributed by atoms with Gasteiger partial charge in [0.1, 0.15) is 11.5 Å². The Labute approximate surface area is 287 Å². The van der Waals surface area contributed by atoms with Crippen LogP contribution in [-0.2, 0) is 21.7 Å². The number of H-pyrrole nitrogens is 1. The molecular weight excluding hydrogens is 640 g/mol. The van der Waals surface area contributed by atoms with Crippen LogP contribution in [0.3, 0.4) is 0 Å². The summed E-state index contributed by atoms with van der Waals surface area (Å²) >= 11 is 0. The molecule has 4 aromatic carbocycles. The number of hydrogen-bond acceptors (Lipinski definition) is 9. The van der Waals surface area contributed by atoms with Crippen molar-refractivity contribution in [3.8, 4) is 11.5 Å². The predicted octanol–water partition coefficient (Wildman–Crippen LogP) is 3.47. The molecule has 2 heterocycles. The average molecular weight is 679 g/mol. The van der Waals surface area contributed by atoms with Gasteiger partial charge in [-0.25, -0.2) is 4.79 Å². The maximum Gasteiger partial charge on any atom is 0.345 e. The first-order valence-corrected chi connectivity index (χ1v) is 16.2. The molecule has 1 aliphatic heterocycles. The van der Waals surface area contributed by atoms with Gasteiger partial charge in [0, 0.05) is 54.9 Å². The van der Waals surface area contributed by atoms with E-state index in [2.05, 4.69) is 15.6 Å². The second kappa shape index (κ2) is 14.8. The van der Waals surface area contributed by atoms with E-state index < -0.39 is 17.7 Å². The van der Waals surface area contributed by atoms with Crippen LogP contribution in [0, 0.1) is 0 Å². The van der Waals surface area contributed by atoms with E-state index in [1.807, 2.05) is 24.3 Å². The number of pyridine rings is 1. The van der Waals surface area contributed by atoms with Crippen molar-refractivity contribution in [3.63, 3.8) is 0 Å². The highest BCUT2D eigenvalue weighted by Gasteiger charge is 2.40. The standard InChI is InChI=1S/C38H38N4O8/c43-32-15-13-30(31-14-16-34(45)41-36(31)32)33(44)21-39-20-24-9-11-27(12-10-24)40-28-17-18-42(22-28)35(46)23-50-29-8-4-7-26(19-29)38(49,37(47)48)25-5-2-1-3-6-25/h1-16,19,28,33,39-40,43-44,49H,17-18,20-23H2,(H,41,45)(H,47,48)/t28-,33-,38-/m0/s1. The first-order valence-electron chi connectivity index (χ1n) is 16.2. The fourth-order valence-electron chi connectivity index (χ4n) is 6.21. The summed E-state index contributed by atoms with van der Waals surface area (Å²) in [6.07, 6.45) is -0.101. The highest BCUT2D eigenvalue weighted by Crippen LogP contribution is 2.32. The van der Waals surface area contributed by atoms with Crippen LogP contribution in [0.25, 0.3) is 10.9 Å². The summed E-state index contributed by atoms with van der Waals surface area (Å²) in [6.45, 7) is 1.60. The van der Waals surface area contributed by atoms with Gasteiger partial charge in [0.25, 0.3) is 5.91 Å². The van der Waals surface area contributed by atoms with Gasteiger partial charge < -0.3 is 45.7 Å². The third-order valence-electron chi connectivity index (χ3n) is 8.91. The maximum atomic E-state index is 13.0. The molecule has 6 rings (SSSR count). The molecule has 5 aromatic rings. The van der Waals surface area contributed by atoms with Crippen LogP contribution in [0.2, 0.25) is 0 Å². The number of aromatic hydroxyl groups is 1. The zero-order valence-electron chi connectivity index (χ0n) is 27.1. The number of fused-ring (bicyclic) bond motifs is 1. The maximum absolute atomic E-state index is 13.0. The predicted molar refractivity (Wildman–Crippen MR) is 187 cm³/mol. The van der Waals surface area contributed by atoms with Crippen molar-refractivity contribution in [3.05, 3.63) is 136 Å². The molecule has 1 aromatic heterocycles. The van der Waals surface area contributed by atoms with Crippen molar-refractivity contribution in [1.82, 2.24) is 15.2 Å². The Hall–Kier alpha value is -5.69. The van der Waals surface area contributed by atoms with E-state index in [1.54, 1.807) is 47.4 Å². The summed E-state index contributed by atoms with van der Waals surface area (Å²) in [5.41, 5.74) is 0.529. The fourth-order valence-corrected chi connectivity index (χ4v) is 6.21. The normalized spacial score (nSPS) is 16.1. The molecule has 12 heteroatoms. The number of carboxylic acids is 1. The van der Waals surface area contributed by atoms with Gasteiger partial charge in [-0.3, -0.25) is 9.59 Å². The zero-order valence-corrected chi connectivity index (χ0v) is 27.1. The molecule has 1 fully saturated rings. The van der Waals surface area contributed by atoms with E-state index in [-0.39, 0.29) is 53.3 Å². The highest BCUT2D eigenvalue weighted by molar-refractivity contribution is 5.87. The Balaban J connectivity index is 0.968. The minimum Gasteiger partial charge on any atom is -0.506 e. The second-order valence-electron chi connectivity index (χ2n) is 12.3. The van der Waals surface area contributed by atoms with Crippen molar-refractivity contribution in [2.45, 2.75) is 30.7 Å². The van der Waals surface area contributed by atoms with Crippen molar-refractivity contribution in [2.24, 2.45) is 0 Å². The molecule has 0 radical (unpaired) electrons. The van der Waals surface area contributed by atoms with Gasteiger partial charge in [0.05, 0.1) is 11.6 Å². The van der Waals surface area contributed by atoms with Crippen LogP contribution in [0.15, 0.2) is 108 Å². The van der Waals surface area contributed by atoms with Crippen molar-refractivity contribution in [1.29, 1.82) is 0 Å². The summed E-state index contributed by atoms with van der Waals surface area (Å²) in [7, 11) is 0. The summed E-state index contributed by atoms with van der Waals surface area (Å²) in [5.74, 6) is -1.40. The number of aromatic nitrogens is 1. The van der Waals surface area contributed by atoms with E-state index in [9.17, 15) is 34.8 Å². The first kappa shape index (κ1) is 34.2. The third-order valence-corrected chi connectivity index (χ3v) is 8.91. The Morgan fingerprint density at radius 1 is 0.960 bits per heavy atom. The number of benzene rings is 4. The van der Waals surface area contributed by atoms with Gasteiger partial charge in [0.15, 0.2) is 6.61 Å². The molecule has 1 aliphatic rings. The minimum atomic E-state index is -2.27. The van der Waals surface area contributed by atoms with Gasteiger partial charge in [0.2, 0.25) is 11.2 Å². The monoisotopic (exact) mass is 678 g/mol. The number of carbonyl (C=O) groups is 2. The van der Waals surface area contributed by atoms with Crippen LogP contribution in [0.1, 0.15) is 34.8 Å². The number of aliphatic carboxylic acids is 1. The van der Waals surface area contributed by atoms with Crippen LogP contribution >= 0.6 is 0 Å².